The fraction of sp³-hybridized carbons (Fsp3) is 0.364. The molecule has 1 atom stereocenters. The fourth-order valence-electron chi connectivity index (χ4n) is 1.25. The van der Waals surface area contributed by atoms with Gasteiger partial charge >= 0.3 is 0 Å². The van der Waals surface area contributed by atoms with Crippen molar-refractivity contribution in [3.8, 4) is 5.75 Å². The van der Waals surface area contributed by atoms with Gasteiger partial charge in [0.25, 0.3) is 0 Å². The van der Waals surface area contributed by atoms with Gasteiger partial charge in [0.2, 0.25) is 0 Å². The Morgan fingerprint density at radius 3 is 2.87 bits per heavy atom. The van der Waals surface area contributed by atoms with Gasteiger partial charge in [0, 0.05) is 10.9 Å². The van der Waals surface area contributed by atoms with Crippen LogP contribution in [0.3, 0.4) is 0 Å². The van der Waals surface area contributed by atoms with Crippen LogP contribution in [0.15, 0.2) is 28.7 Å². The highest BCUT2D eigenvalue weighted by molar-refractivity contribution is 9.10. The molecule has 3 nitrogen and oxygen atoms in total. The first-order valence-electron chi connectivity index (χ1n) is 4.87. The van der Waals surface area contributed by atoms with Crippen LogP contribution in [0.1, 0.15) is 19.8 Å². The van der Waals surface area contributed by atoms with E-state index in [9.17, 15) is 0 Å². The predicted octanol–water partition coefficient (Wildman–Crippen LogP) is 2.93. The Kier molecular flexibility index (Phi) is 4.62. The van der Waals surface area contributed by atoms with Crippen LogP contribution in [0, 0.1) is 5.41 Å². The van der Waals surface area contributed by atoms with E-state index < -0.39 is 0 Å². The number of benzene rings is 1. The average Bonchev–Trinajstić information content (AvgIpc) is 2.16. The summed E-state index contributed by atoms with van der Waals surface area (Å²) in [5.74, 6) is 0.967. The van der Waals surface area contributed by atoms with Crippen molar-refractivity contribution in [2.45, 2.75) is 25.9 Å². The zero-order valence-electron chi connectivity index (χ0n) is 8.66. The zero-order chi connectivity index (χ0) is 11.3. The minimum Gasteiger partial charge on any atom is -0.490 e. The summed E-state index contributed by atoms with van der Waals surface area (Å²) in [6, 6.07) is 7.66. The molecule has 1 unspecified atom stereocenters. The molecule has 0 saturated heterocycles. The largest absolute Gasteiger partial charge is 0.490 e. The number of amidine groups is 1. The molecule has 0 aliphatic heterocycles. The Morgan fingerprint density at radius 1 is 1.60 bits per heavy atom. The second-order valence-electron chi connectivity index (χ2n) is 3.33. The highest BCUT2D eigenvalue weighted by Crippen LogP contribution is 2.20. The molecule has 0 radical (unpaired) electrons. The molecule has 0 heterocycles. The molecular formula is C11H15BrN2O. The van der Waals surface area contributed by atoms with Crippen LogP contribution in [0.2, 0.25) is 0 Å². The Bertz CT molecular complexity index is 341. The van der Waals surface area contributed by atoms with Gasteiger partial charge in [-0.2, -0.15) is 0 Å². The van der Waals surface area contributed by atoms with Crippen molar-refractivity contribution in [2.24, 2.45) is 5.73 Å². The van der Waals surface area contributed by atoms with Crippen LogP contribution in [-0.4, -0.2) is 11.9 Å². The van der Waals surface area contributed by atoms with Crippen molar-refractivity contribution >= 4 is 21.8 Å². The minimum absolute atomic E-state index is 0.0169. The van der Waals surface area contributed by atoms with Crippen molar-refractivity contribution < 1.29 is 4.74 Å². The van der Waals surface area contributed by atoms with E-state index in [2.05, 4.69) is 15.9 Å². The van der Waals surface area contributed by atoms with Crippen molar-refractivity contribution in [2.75, 3.05) is 0 Å². The number of nitrogens with two attached hydrogens (primary N) is 1. The van der Waals surface area contributed by atoms with Gasteiger partial charge in [-0.3, -0.25) is 5.41 Å². The molecule has 0 aliphatic carbocycles. The molecule has 0 aromatic heterocycles. The number of rotatable bonds is 5. The molecule has 3 N–H and O–H groups in total. The van der Waals surface area contributed by atoms with Gasteiger partial charge in [-0.1, -0.05) is 28.9 Å². The molecule has 82 valence electrons. The predicted molar refractivity (Wildman–Crippen MR) is 65.4 cm³/mol. The van der Waals surface area contributed by atoms with E-state index in [0.717, 1.165) is 16.6 Å². The van der Waals surface area contributed by atoms with Gasteiger partial charge in [-0.05, 0) is 24.6 Å². The summed E-state index contributed by atoms with van der Waals surface area (Å²) in [5, 5.41) is 7.22. The average molecular weight is 271 g/mol. The van der Waals surface area contributed by atoms with Gasteiger partial charge in [-0.15, -0.1) is 0 Å². The molecular weight excluding hydrogens is 256 g/mol. The van der Waals surface area contributed by atoms with Crippen LogP contribution in [-0.2, 0) is 0 Å². The highest BCUT2D eigenvalue weighted by Gasteiger charge is 2.09. The lowest BCUT2D eigenvalue weighted by Gasteiger charge is -2.16. The summed E-state index contributed by atoms with van der Waals surface area (Å²) >= 11 is 3.38. The highest BCUT2D eigenvalue weighted by atomic mass is 79.9. The van der Waals surface area contributed by atoms with Crippen molar-refractivity contribution in [3.63, 3.8) is 0 Å². The molecule has 4 heteroatoms. The minimum atomic E-state index is -0.0169. The molecule has 0 saturated carbocycles. The van der Waals surface area contributed by atoms with Crippen molar-refractivity contribution in [1.29, 1.82) is 5.41 Å². The van der Waals surface area contributed by atoms with Crippen molar-refractivity contribution in [3.05, 3.63) is 28.7 Å². The second kappa shape index (κ2) is 5.75. The van der Waals surface area contributed by atoms with Crippen molar-refractivity contribution in [1.82, 2.24) is 0 Å². The van der Waals surface area contributed by atoms with Crippen LogP contribution in [0.4, 0.5) is 0 Å². The maximum absolute atomic E-state index is 7.22. The van der Waals surface area contributed by atoms with E-state index in [1.54, 1.807) is 0 Å². The quantitative estimate of drug-likeness (QED) is 0.639. The van der Waals surface area contributed by atoms with Gasteiger partial charge in [0.05, 0.1) is 5.84 Å². The summed E-state index contributed by atoms with van der Waals surface area (Å²) in [5.41, 5.74) is 5.35. The molecule has 1 aromatic carbocycles. The first-order valence-corrected chi connectivity index (χ1v) is 5.66. The normalized spacial score (nSPS) is 12.1. The molecule has 0 aliphatic rings. The summed E-state index contributed by atoms with van der Waals surface area (Å²) in [7, 11) is 0. The molecule has 1 rings (SSSR count). The third kappa shape index (κ3) is 4.34. The SMILES string of the molecule is CCC(CC(=N)N)Oc1cccc(Br)c1. The third-order valence-electron chi connectivity index (χ3n) is 2.00. The molecule has 0 amide bonds. The summed E-state index contributed by atoms with van der Waals surface area (Å²) in [6.07, 6.45) is 1.30. The van der Waals surface area contributed by atoms with Gasteiger partial charge in [-0.25, -0.2) is 0 Å². The van der Waals surface area contributed by atoms with E-state index in [1.165, 1.54) is 0 Å². The standard InChI is InChI=1S/C11H15BrN2O/c1-2-9(7-11(13)14)15-10-5-3-4-8(12)6-10/h3-6,9H,2,7H2,1H3,(H3,13,14). The number of hydrogen-bond donors (Lipinski definition) is 2. The van der Waals surface area contributed by atoms with E-state index in [0.29, 0.717) is 6.42 Å². The zero-order valence-corrected chi connectivity index (χ0v) is 10.3. The van der Waals surface area contributed by atoms with E-state index in [-0.39, 0.29) is 11.9 Å². The maximum Gasteiger partial charge on any atom is 0.120 e. The Morgan fingerprint density at radius 2 is 2.33 bits per heavy atom. The van der Waals surface area contributed by atoms with Gasteiger partial charge in [0.15, 0.2) is 0 Å². The number of halogens is 1. The third-order valence-corrected chi connectivity index (χ3v) is 2.50. The smallest absolute Gasteiger partial charge is 0.120 e. The lowest BCUT2D eigenvalue weighted by atomic mass is 10.2. The lowest BCUT2D eigenvalue weighted by molar-refractivity contribution is 0.204. The summed E-state index contributed by atoms with van der Waals surface area (Å²) in [6.45, 7) is 2.02. The number of ether oxygens (including phenoxy) is 1. The Hall–Kier alpha value is -1.03. The molecule has 0 spiro atoms. The van der Waals surface area contributed by atoms with Crippen LogP contribution < -0.4 is 10.5 Å². The van der Waals surface area contributed by atoms with E-state index in [1.807, 2.05) is 31.2 Å². The second-order valence-corrected chi connectivity index (χ2v) is 4.25. The molecule has 1 aromatic rings. The van der Waals surface area contributed by atoms with Gasteiger partial charge < -0.3 is 10.5 Å². The van der Waals surface area contributed by atoms with Gasteiger partial charge in [0.1, 0.15) is 11.9 Å². The summed E-state index contributed by atoms with van der Waals surface area (Å²) in [4.78, 5) is 0. The molecule has 15 heavy (non-hydrogen) atoms. The molecule has 0 bridgehead atoms. The topological polar surface area (TPSA) is 59.1 Å². The monoisotopic (exact) mass is 270 g/mol. The number of nitrogens with one attached hydrogen (secondary N) is 1. The Balaban J connectivity index is 2.62. The summed E-state index contributed by atoms with van der Waals surface area (Å²) < 4.78 is 6.69. The lowest BCUT2D eigenvalue weighted by Crippen LogP contribution is -2.23. The fourth-order valence-corrected chi connectivity index (χ4v) is 1.63. The van der Waals surface area contributed by atoms with E-state index >= 15 is 0 Å². The maximum atomic E-state index is 7.22. The Labute approximate surface area is 98.3 Å². The number of hydrogen-bond acceptors (Lipinski definition) is 2. The first-order chi connectivity index (χ1) is 7.11. The van der Waals surface area contributed by atoms with Crippen LogP contribution in [0.25, 0.3) is 0 Å². The van der Waals surface area contributed by atoms with Crippen LogP contribution in [0.5, 0.6) is 5.75 Å². The van der Waals surface area contributed by atoms with E-state index in [4.69, 9.17) is 15.9 Å². The molecule has 0 fully saturated rings. The van der Waals surface area contributed by atoms with Crippen LogP contribution >= 0.6 is 15.9 Å². The first kappa shape index (κ1) is 12.0.